The predicted molar refractivity (Wildman–Crippen MR) is 76.5 cm³/mol. The van der Waals surface area contributed by atoms with E-state index in [2.05, 4.69) is 15.5 Å². The van der Waals surface area contributed by atoms with Crippen molar-refractivity contribution in [1.29, 1.82) is 0 Å². The Morgan fingerprint density at radius 1 is 1.24 bits per heavy atom. The fourth-order valence-corrected chi connectivity index (χ4v) is 1.52. The molecular formula is C15H14FN3O2. The van der Waals surface area contributed by atoms with E-state index in [-0.39, 0.29) is 12.4 Å². The molecule has 0 radical (unpaired) electrons. The van der Waals surface area contributed by atoms with E-state index in [0.717, 1.165) is 5.56 Å². The molecule has 6 heteroatoms. The minimum Gasteiger partial charge on any atom is -0.484 e. The van der Waals surface area contributed by atoms with Gasteiger partial charge in [-0.2, -0.15) is 5.10 Å². The minimum atomic E-state index is -0.396. The number of hydrogen-bond acceptors (Lipinski definition) is 4. The Bertz CT molecular complexity index is 627. The fourth-order valence-electron chi connectivity index (χ4n) is 1.52. The maximum Gasteiger partial charge on any atom is 0.277 e. The van der Waals surface area contributed by atoms with Crippen LogP contribution in [0.5, 0.6) is 5.75 Å². The van der Waals surface area contributed by atoms with Crippen LogP contribution in [0.15, 0.2) is 53.9 Å². The molecule has 21 heavy (non-hydrogen) atoms. The number of hydrogen-bond donors (Lipinski definition) is 1. The summed E-state index contributed by atoms with van der Waals surface area (Å²) in [6, 6.07) is 9.01. The number of halogens is 1. The van der Waals surface area contributed by atoms with Crippen LogP contribution in [0.1, 0.15) is 12.5 Å². The predicted octanol–water partition coefficient (Wildman–Crippen LogP) is 2.14. The van der Waals surface area contributed by atoms with Gasteiger partial charge >= 0.3 is 0 Å². The molecule has 0 fully saturated rings. The van der Waals surface area contributed by atoms with Crippen LogP contribution in [-0.2, 0) is 4.79 Å². The lowest BCUT2D eigenvalue weighted by Gasteiger charge is -2.05. The van der Waals surface area contributed by atoms with Crippen molar-refractivity contribution in [2.45, 2.75) is 6.92 Å². The number of carbonyl (C=O) groups excluding carboxylic acids is 1. The number of nitrogens with zero attached hydrogens (tertiary/aromatic N) is 2. The summed E-state index contributed by atoms with van der Waals surface area (Å²) in [4.78, 5) is 15.5. The van der Waals surface area contributed by atoms with Gasteiger partial charge in [0, 0.05) is 18.0 Å². The molecule has 2 aromatic rings. The molecule has 2 rings (SSSR count). The Balaban J connectivity index is 1.83. The van der Waals surface area contributed by atoms with E-state index in [1.165, 1.54) is 24.3 Å². The fraction of sp³-hybridized carbons (Fsp3) is 0.133. The van der Waals surface area contributed by atoms with E-state index in [4.69, 9.17) is 4.74 Å². The van der Waals surface area contributed by atoms with Gasteiger partial charge in [-0.15, -0.1) is 0 Å². The third kappa shape index (κ3) is 4.68. The van der Waals surface area contributed by atoms with Crippen LogP contribution in [0.2, 0.25) is 0 Å². The zero-order valence-electron chi connectivity index (χ0n) is 11.4. The normalized spacial score (nSPS) is 11.0. The van der Waals surface area contributed by atoms with Gasteiger partial charge in [-0.05, 0) is 43.3 Å². The Labute approximate surface area is 121 Å². The molecule has 0 saturated heterocycles. The molecule has 1 amide bonds. The van der Waals surface area contributed by atoms with Gasteiger partial charge in [-0.25, -0.2) is 9.82 Å². The summed E-state index contributed by atoms with van der Waals surface area (Å²) < 4.78 is 17.9. The molecule has 1 N–H and O–H groups in total. The molecule has 5 nitrogen and oxygen atoms in total. The molecule has 0 spiro atoms. The molecule has 1 heterocycles. The second kappa shape index (κ2) is 7.14. The second-order valence-corrected chi connectivity index (χ2v) is 4.21. The number of ether oxygens (including phenoxy) is 1. The average Bonchev–Trinajstić information content (AvgIpc) is 2.53. The lowest BCUT2D eigenvalue weighted by Crippen LogP contribution is -2.25. The second-order valence-electron chi connectivity index (χ2n) is 4.21. The van der Waals surface area contributed by atoms with Gasteiger partial charge in [0.25, 0.3) is 5.91 Å². The van der Waals surface area contributed by atoms with Crippen LogP contribution in [0.4, 0.5) is 4.39 Å². The van der Waals surface area contributed by atoms with Crippen LogP contribution in [0.25, 0.3) is 0 Å². The molecule has 0 aliphatic carbocycles. The summed E-state index contributed by atoms with van der Waals surface area (Å²) in [6.45, 7) is 1.58. The minimum absolute atomic E-state index is 0.196. The molecule has 1 aromatic carbocycles. The number of rotatable bonds is 5. The maximum atomic E-state index is 12.7. The highest BCUT2D eigenvalue weighted by molar-refractivity contribution is 5.99. The standard InChI is InChI=1S/C15H14FN3O2/c1-11(12-6-8-17-9-7-12)18-19-15(20)10-21-14-4-2-13(16)3-5-14/h2-9H,10H2,1H3,(H,19,20). The number of amides is 1. The highest BCUT2D eigenvalue weighted by Crippen LogP contribution is 2.10. The summed E-state index contributed by atoms with van der Waals surface area (Å²) in [7, 11) is 0. The summed E-state index contributed by atoms with van der Waals surface area (Å²) >= 11 is 0. The third-order valence-electron chi connectivity index (χ3n) is 2.63. The number of aromatic nitrogens is 1. The van der Waals surface area contributed by atoms with Gasteiger partial charge in [0.05, 0.1) is 5.71 Å². The Hall–Kier alpha value is -2.76. The Kier molecular flexibility index (Phi) is 4.98. The van der Waals surface area contributed by atoms with Crippen molar-refractivity contribution >= 4 is 11.6 Å². The molecule has 108 valence electrons. The number of carbonyl (C=O) groups is 1. The van der Waals surface area contributed by atoms with Crippen molar-refractivity contribution in [2.75, 3.05) is 6.61 Å². The summed E-state index contributed by atoms with van der Waals surface area (Å²) in [6.07, 6.45) is 3.29. The van der Waals surface area contributed by atoms with Gasteiger partial charge in [-0.1, -0.05) is 0 Å². The largest absolute Gasteiger partial charge is 0.484 e. The zero-order valence-corrected chi connectivity index (χ0v) is 11.4. The number of pyridine rings is 1. The van der Waals surface area contributed by atoms with Gasteiger partial charge < -0.3 is 4.74 Å². The SMILES string of the molecule is CC(=NNC(=O)COc1ccc(F)cc1)c1ccncc1. The molecule has 0 bridgehead atoms. The third-order valence-corrected chi connectivity index (χ3v) is 2.63. The van der Waals surface area contributed by atoms with E-state index in [1.807, 2.05) is 0 Å². The first-order valence-electron chi connectivity index (χ1n) is 6.27. The van der Waals surface area contributed by atoms with Crippen molar-refractivity contribution < 1.29 is 13.9 Å². The van der Waals surface area contributed by atoms with Crippen LogP contribution in [0, 0.1) is 5.82 Å². The topological polar surface area (TPSA) is 63.6 Å². The van der Waals surface area contributed by atoms with E-state index < -0.39 is 5.91 Å². The van der Waals surface area contributed by atoms with E-state index in [0.29, 0.717) is 11.5 Å². The molecule has 0 aliphatic rings. The van der Waals surface area contributed by atoms with E-state index in [1.54, 1.807) is 31.5 Å². The van der Waals surface area contributed by atoms with Gasteiger partial charge in [-0.3, -0.25) is 9.78 Å². The van der Waals surface area contributed by atoms with Crippen LogP contribution < -0.4 is 10.2 Å². The van der Waals surface area contributed by atoms with Gasteiger partial charge in [0.2, 0.25) is 0 Å². The Morgan fingerprint density at radius 3 is 2.57 bits per heavy atom. The summed E-state index contributed by atoms with van der Waals surface area (Å²) in [5, 5.41) is 3.97. The molecule has 0 saturated carbocycles. The summed E-state index contributed by atoms with van der Waals surface area (Å²) in [5.74, 6) is -0.335. The first-order chi connectivity index (χ1) is 10.1. The molecule has 0 aliphatic heterocycles. The monoisotopic (exact) mass is 287 g/mol. The lowest BCUT2D eigenvalue weighted by atomic mass is 10.2. The van der Waals surface area contributed by atoms with Crippen LogP contribution >= 0.6 is 0 Å². The van der Waals surface area contributed by atoms with Crippen molar-refractivity contribution in [1.82, 2.24) is 10.4 Å². The average molecular weight is 287 g/mol. The molecule has 0 unspecified atom stereocenters. The van der Waals surface area contributed by atoms with Crippen LogP contribution in [-0.4, -0.2) is 23.2 Å². The van der Waals surface area contributed by atoms with Crippen molar-refractivity contribution in [2.24, 2.45) is 5.10 Å². The number of benzene rings is 1. The van der Waals surface area contributed by atoms with Crippen molar-refractivity contribution in [3.63, 3.8) is 0 Å². The lowest BCUT2D eigenvalue weighted by molar-refractivity contribution is -0.123. The smallest absolute Gasteiger partial charge is 0.277 e. The first kappa shape index (κ1) is 14.6. The summed E-state index contributed by atoms with van der Waals surface area (Å²) in [5.41, 5.74) is 3.92. The Morgan fingerprint density at radius 2 is 1.90 bits per heavy atom. The zero-order chi connectivity index (χ0) is 15.1. The van der Waals surface area contributed by atoms with E-state index >= 15 is 0 Å². The maximum absolute atomic E-state index is 12.7. The molecule has 0 atom stereocenters. The molecule has 1 aromatic heterocycles. The molecular weight excluding hydrogens is 273 g/mol. The van der Waals surface area contributed by atoms with Crippen molar-refractivity contribution in [3.8, 4) is 5.75 Å². The first-order valence-corrected chi connectivity index (χ1v) is 6.27. The highest BCUT2D eigenvalue weighted by Gasteiger charge is 2.03. The highest BCUT2D eigenvalue weighted by atomic mass is 19.1. The van der Waals surface area contributed by atoms with Crippen LogP contribution in [0.3, 0.4) is 0 Å². The number of hydrazone groups is 1. The van der Waals surface area contributed by atoms with Gasteiger partial charge in [0.1, 0.15) is 11.6 Å². The quantitative estimate of drug-likeness (QED) is 0.677. The van der Waals surface area contributed by atoms with Crippen molar-refractivity contribution in [3.05, 3.63) is 60.2 Å². The van der Waals surface area contributed by atoms with E-state index in [9.17, 15) is 9.18 Å². The number of nitrogens with one attached hydrogen (secondary N) is 1. The van der Waals surface area contributed by atoms with Gasteiger partial charge in [0.15, 0.2) is 6.61 Å².